The van der Waals surface area contributed by atoms with Gasteiger partial charge in [0.05, 0.1) is 29.0 Å². The number of anilines is 1. The maximum atomic E-state index is 10.3. The molecule has 2 aromatic carbocycles. The van der Waals surface area contributed by atoms with Crippen molar-refractivity contribution >= 4 is 32.4 Å². The zero-order chi connectivity index (χ0) is 18.6. The molecule has 5 nitrogen and oxygen atoms in total. The number of hydrazone groups is 1. The highest BCUT2D eigenvalue weighted by atomic mass is 32.1. The Kier molecular flexibility index (Phi) is 5.36. The molecule has 1 aliphatic heterocycles. The quantitative estimate of drug-likeness (QED) is 0.469. The van der Waals surface area contributed by atoms with Gasteiger partial charge in [-0.05, 0) is 62.1 Å². The third kappa shape index (κ3) is 4.28. The minimum atomic E-state index is 0.378. The Morgan fingerprint density at radius 3 is 2.81 bits per heavy atom. The first-order valence-electron chi connectivity index (χ1n) is 9.51. The number of phenolic OH excluding ortho intramolecular Hbond substituents is 1. The molecule has 27 heavy (non-hydrogen) atoms. The predicted molar refractivity (Wildman–Crippen MR) is 112 cm³/mol. The summed E-state index contributed by atoms with van der Waals surface area (Å²) in [5.41, 5.74) is 6.96. The topological polar surface area (TPSA) is 62.0 Å². The molecule has 3 aromatic rings. The summed E-state index contributed by atoms with van der Waals surface area (Å²) in [6.45, 7) is 5.23. The van der Waals surface area contributed by atoms with Gasteiger partial charge in [0.25, 0.3) is 0 Å². The van der Waals surface area contributed by atoms with Gasteiger partial charge in [0.1, 0.15) is 12.3 Å². The minimum absolute atomic E-state index is 0.378. The standard InChI is InChI=1S/C21H24N4OS/c1-15(23-24-21-22-18-7-3-4-8-20(18)27-21)16-9-10-19(26)17(13-16)14-25-11-5-2-6-12-25/h3-4,7-10,13,26H,2,5-6,11-12,14H2,1H3,(H,22,24)/p+1/b23-15+. The number of fused-ring (bicyclic) bond motifs is 1. The third-order valence-corrected chi connectivity index (χ3v) is 6.05. The van der Waals surface area contributed by atoms with Crippen LogP contribution in [-0.2, 0) is 6.54 Å². The summed E-state index contributed by atoms with van der Waals surface area (Å²) in [6.07, 6.45) is 3.89. The number of likely N-dealkylation sites (tertiary alicyclic amines) is 1. The lowest BCUT2D eigenvalue weighted by Gasteiger charge is -2.24. The van der Waals surface area contributed by atoms with Crippen LogP contribution in [-0.4, -0.2) is 28.9 Å². The van der Waals surface area contributed by atoms with Crippen molar-refractivity contribution in [2.24, 2.45) is 5.10 Å². The summed E-state index contributed by atoms with van der Waals surface area (Å²) in [5.74, 6) is 0.378. The molecule has 0 bridgehead atoms. The highest BCUT2D eigenvalue weighted by molar-refractivity contribution is 7.22. The summed E-state index contributed by atoms with van der Waals surface area (Å²) >= 11 is 1.59. The van der Waals surface area contributed by atoms with Crippen LogP contribution in [0.15, 0.2) is 47.6 Å². The fourth-order valence-electron chi connectivity index (χ4n) is 3.57. The lowest BCUT2D eigenvalue weighted by Crippen LogP contribution is -3.11. The maximum absolute atomic E-state index is 10.3. The number of quaternary nitrogens is 1. The highest BCUT2D eigenvalue weighted by Crippen LogP contribution is 2.25. The van der Waals surface area contributed by atoms with Crippen molar-refractivity contribution in [2.75, 3.05) is 18.5 Å². The molecular formula is C21H25N4OS+. The van der Waals surface area contributed by atoms with Gasteiger partial charge >= 0.3 is 0 Å². The Labute approximate surface area is 163 Å². The first-order valence-corrected chi connectivity index (χ1v) is 10.3. The molecule has 0 unspecified atom stereocenters. The molecule has 1 fully saturated rings. The molecular weight excluding hydrogens is 356 g/mol. The van der Waals surface area contributed by atoms with Gasteiger partial charge < -0.3 is 10.0 Å². The van der Waals surface area contributed by atoms with Crippen molar-refractivity contribution < 1.29 is 10.0 Å². The molecule has 1 saturated heterocycles. The van der Waals surface area contributed by atoms with Crippen molar-refractivity contribution in [2.45, 2.75) is 32.7 Å². The largest absolute Gasteiger partial charge is 0.507 e. The molecule has 4 rings (SSSR count). The number of thiazole rings is 1. The van der Waals surface area contributed by atoms with Crippen molar-refractivity contribution in [3.8, 4) is 5.75 Å². The molecule has 140 valence electrons. The summed E-state index contributed by atoms with van der Waals surface area (Å²) in [4.78, 5) is 6.10. The molecule has 1 aliphatic rings. The number of para-hydroxylation sites is 1. The molecule has 0 spiro atoms. The Bertz CT molecular complexity index is 927. The summed E-state index contributed by atoms with van der Waals surface area (Å²) in [6, 6.07) is 13.8. The third-order valence-electron chi connectivity index (χ3n) is 5.11. The molecule has 2 heterocycles. The summed E-state index contributed by atoms with van der Waals surface area (Å²) in [5, 5.41) is 15.5. The number of phenols is 1. The van der Waals surface area contributed by atoms with E-state index in [1.807, 2.05) is 31.2 Å². The minimum Gasteiger partial charge on any atom is -0.507 e. The van der Waals surface area contributed by atoms with Gasteiger partial charge in [0, 0.05) is 5.56 Å². The maximum Gasteiger partial charge on any atom is 0.204 e. The number of nitrogens with one attached hydrogen (secondary N) is 2. The van der Waals surface area contributed by atoms with Crippen LogP contribution in [0.3, 0.4) is 0 Å². The van der Waals surface area contributed by atoms with E-state index in [0.717, 1.165) is 38.7 Å². The summed E-state index contributed by atoms with van der Waals surface area (Å²) < 4.78 is 1.14. The fourth-order valence-corrected chi connectivity index (χ4v) is 4.37. The first kappa shape index (κ1) is 17.9. The number of benzene rings is 2. The number of aromatic hydroxyl groups is 1. The van der Waals surface area contributed by atoms with Gasteiger partial charge in [-0.25, -0.2) is 4.98 Å². The normalized spacial score (nSPS) is 16.0. The molecule has 0 saturated carbocycles. The smallest absolute Gasteiger partial charge is 0.204 e. The summed E-state index contributed by atoms with van der Waals surface area (Å²) in [7, 11) is 0. The van der Waals surface area contributed by atoms with Crippen molar-refractivity contribution in [1.29, 1.82) is 0 Å². The number of piperidine rings is 1. The SMILES string of the molecule is C/C(=N\Nc1nc2ccccc2s1)c1ccc(O)c(C[NH+]2CCCCC2)c1. The fraction of sp³-hybridized carbons (Fsp3) is 0.333. The Morgan fingerprint density at radius 1 is 1.19 bits per heavy atom. The highest BCUT2D eigenvalue weighted by Gasteiger charge is 2.16. The van der Waals surface area contributed by atoms with E-state index in [0.29, 0.717) is 5.75 Å². The Morgan fingerprint density at radius 2 is 2.00 bits per heavy atom. The van der Waals surface area contributed by atoms with Gasteiger partial charge in [-0.2, -0.15) is 5.10 Å². The Hall–Kier alpha value is -2.44. The van der Waals surface area contributed by atoms with Crippen LogP contribution in [0.5, 0.6) is 5.75 Å². The van der Waals surface area contributed by atoms with Gasteiger partial charge in [-0.1, -0.05) is 23.5 Å². The van der Waals surface area contributed by atoms with Crippen LogP contribution < -0.4 is 10.3 Å². The average molecular weight is 382 g/mol. The molecule has 3 N–H and O–H groups in total. The number of aromatic nitrogens is 1. The van der Waals surface area contributed by atoms with E-state index < -0.39 is 0 Å². The average Bonchev–Trinajstić information content (AvgIpc) is 3.11. The van der Waals surface area contributed by atoms with E-state index in [1.165, 1.54) is 32.4 Å². The van der Waals surface area contributed by atoms with Crippen molar-refractivity contribution in [1.82, 2.24) is 4.98 Å². The molecule has 0 aliphatic carbocycles. The lowest BCUT2D eigenvalue weighted by atomic mass is 10.0. The molecule has 0 atom stereocenters. The van der Waals surface area contributed by atoms with Crippen LogP contribution in [0.4, 0.5) is 5.13 Å². The van der Waals surface area contributed by atoms with E-state index in [2.05, 4.69) is 27.6 Å². The second-order valence-corrected chi connectivity index (χ2v) is 8.16. The van der Waals surface area contributed by atoms with Crippen molar-refractivity contribution in [3.05, 3.63) is 53.6 Å². The lowest BCUT2D eigenvalue weighted by molar-refractivity contribution is -0.918. The predicted octanol–water partition coefficient (Wildman–Crippen LogP) is 3.41. The monoisotopic (exact) mass is 381 g/mol. The molecule has 6 heteroatoms. The number of hydrogen-bond acceptors (Lipinski definition) is 5. The van der Waals surface area contributed by atoms with Crippen LogP contribution >= 0.6 is 11.3 Å². The molecule has 0 amide bonds. The van der Waals surface area contributed by atoms with E-state index in [4.69, 9.17) is 0 Å². The van der Waals surface area contributed by atoms with Crippen LogP contribution in [0.1, 0.15) is 37.3 Å². The van der Waals surface area contributed by atoms with Gasteiger partial charge in [-0.15, -0.1) is 0 Å². The van der Waals surface area contributed by atoms with Crippen molar-refractivity contribution in [3.63, 3.8) is 0 Å². The van der Waals surface area contributed by atoms with Crippen LogP contribution in [0, 0.1) is 0 Å². The van der Waals surface area contributed by atoms with E-state index >= 15 is 0 Å². The van der Waals surface area contributed by atoms with Gasteiger partial charge in [-0.3, -0.25) is 5.43 Å². The van der Waals surface area contributed by atoms with E-state index in [9.17, 15) is 5.11 Å². The Balaban J connectivity index is 1.49. The zero-order valence-electron chi connectivity index (χ0n) is 15.5. The van der Waals surface area contributed by atoms with E-state index in [1.54, 1.807) is 22.3 Å². The van der Waals surface area contributed by atoms with E-state index in [-0.39, 0.29) is 0 Å². The van der Waals surface area contributed by atoms with Gasteiger partial charge in [0.2, 0.25) is 5.13 Å². The van der Waals surface area contributed by atoms with Crippen LogP contribution in [0.25, 0.3) is 10.2 Å². The number of hydrogen-bond donors (Lipinski definition) is 3. The molecule has 1 aromatic heterocycles. The zero-order valence-corrected chi connectivity index (χ0v) is 16.4. The second-order valence-electron chi connectivity index (χ2n) is 7.13. The number of nitrogens with zero attached hydrogens (tertiary/aromatic N) is 2. The first-order chi connectivity index (χ1) is 13.2. The second kappa shape index (κ2) is 8.06. The van der Waals surface area contributed by atoms with Gasteiger partial charge in [0.15, 0.2) is 0 Å². The molecule has 0 radical (unpaired) electrons. The van der Waals surface area contributed by atoms with Crippen LogP contribution in [0.2, 0.25) is 0 Å². The number of rotatable bonds is 5.